The molecule has 0 aliphatic rings. The van der Waals surface area contributed by atoms with Crippen molar-refractivity contribution in [2.24, 2.45) is 0 Å². The number of aryl methyl sites for hydroxylation is 2. The van der Waals surface area contributed by atoms with E-state index in [0.29, 0.717) is 0 Å². The first-order valence-corrected chi connectivity index (χ1v) is 6.10. The van der Waals surface area contributed by atoms with E-state index in [9.17, 15) is 4.79 Å². The first kappa shape index (κ1) is 11.0. The lowest BCUT2D eigenvalue weighted by Gasteiger charge is -1.96. The summed E-state index contributed by atoms with van der Waals surface area (Å²) in [7, 11) is 0. The lowest BCUT2D eigenvalue weighted by molar-refractivity contribution is 1.47. The first-order valence-electron chi connectivity index (χ1n) is 6.10. The van der Waals surface area contributed by atoms with Crippen molar-refractivity contribution in [1.29, 1.82) is 0 Å². The number of benzene rings is 2. The molecule has 0 saturated heterocycles. The molecule has 3 aromatic carbocycles. The quantitative estimate of drug-likeness (QED) is 0.657. The van der Waals surface area contributed by atoms with Crippen molar-refractivity contribution in [2.45, 2.75) is 13.8 Å². The third-order valence-corrected chi connectivity index (χ3v) is 3.32. The van der Waals surface area contributed by atoms with Gasteiger partial charge in [0.2, 0.25) is 0 Å². The largest absolute Gasteiger partial charge is 0.289 e. The molecule has 0 heterocycles. The third kappa shape index (κ3) is 1.78. The highest BCUT2D eigenvalue weighted by Crippen LogP contribution is 2.34. The van der Waals surface area contributed by atoms with Crippen LogP contribution in [0.4, 0.5) is 0 Å². The molecule has 0 aliphatic carbocycles. The van der Waals surface area contributed by atoms with Crippen molar-refractivity contribution in [2.75, 3.05) is 0 Å². The standard InChI is InChI=1S/C17H14O/c1-11-3-7-13(8-4-11)15-16(17(15)18)14-9-5-12(2)6-10-14/h3-10H,1-2H3. The van der Waals surface area contributed by atoms with Crippen LogP contribution in [0.15, 0.2) is 53.3 Å². The topological polar surface area (TPSA) is 17.1 Å². The van der Waals surface area contributed by atoms with Crippen molar-refractivity contribution in [3.8, 4) is 22.3 Å². The molecular formula is C17H14O. The molecule has 0 bridgehead atoms. The minimum absolute atomic E-state index is 0.183. The molecule has 1 nitrogen and oxygen atoms in total. The van der Waals surface area contributed by atoms with Gasteiger partial charge in [-0.05, 0) is 25.0 Å². The highest BCUT2D eigenvalue weighted by Gasteiger charge is 2.24. The predicted molar refractivity (Wildman–Crippen MR) is 75.4 cm³/mol. The van der Waals surface area contributed by atoms with E-state index in [2.05, 4.69) is 0 Å². The summed E-state index contributed by atoms with van der Waals surface area (Å²) in [6, 6.07) is 16.2. The molecule has 0 spiro atoms. The number of hydrogen-bond donors (Lipinski definition) is 0. The van der Waals surface area contributed by atoms with E-state index >= 15 is 0 Å². The fourth-order valence-corrected chi connectivity index (χ4v) is 2.16. The summed E-state index contributed by atoms with van der Waals surface area (Å²) < 4.78 is 0. The Bertz CT molecular complexity index is 632. The molecule has 1 heteroatoms. The summed E-state index contributed by atoms with van der Waals surface area (Å²) in [6.45, 7) is 4.10. The molecule has 0 saturated carbocycles. The van der Waals surface area contributed by atoms with Crippen LogP contribution in [-0.2, 0) is 0 Å². The fraction of sp³-hybridized carbons (Fsp3) is 0.118. The average molecular weight is 234 g/mol. The SMILES string of the molecule is Cc1ccc(-c2c(-c3ccc(C)cc3)c2=O)cc1. The summed E-state index contributed by atoms with van der Waals surface area (Å²) in [5.74, 6) is 0. The maximum Gasteiger partial charge on any atom is 0.195 e. The summed E-state index contributed by atoms with van der Waals surface area (Å²) in [4.78, 5) is 11.9. The Labute approximate surface area is 106 Å². The van der Waals surface area contributed by atoms with E-state index in [1.165, 1.54) is 11.1 Å². The van der Waals surface area contributed by atoms with Gasteiger partial charge in [-0.3, -0.25) is 4.79 Å². The highest BCUT2D eigenvalue weighted by molar-refractivity contribution is 5.94. The average Bonchev–Trinajstić information content (AvgIpc) is 3.03. The van der Waals surface area contributed by atoms with Crippen LogP contribution < -0.4 is 5.43 Å². The van der Waals surface area contributed by atoms with Gasteiger partial charge in [-0.25, -0.2) is 0 Å². The molecule has 3 rings (SSSR count). The summed E-state index contributed by atoms with van der Waals surface area (Å²) in [5.41, 5.74) is 6.41. The second kappa shape index (κ2) is 3.95. The number of hydrogen-bond acceptors (Lipinski definition) is 1. The molecule has 0 amide bonds. The molecule has 0 aromatic heterocycles. The summed E-state index contributed by atoms with van der Waals surface area (Å²) in [5, 5.41) is 0. The fourth-order valence-electron chi connectivity index (χ4n) is 2.16. The molecule has 88 valence electrons. The van der Waals surface area contributed by atoms with E-state index in [1.807, 2.05) is 62.4 Å². The van der Waals surface area contributed by atoms with Gasteiger partial charge in [0.25, 0.3) is 0 Å². The Kier molecular flexibility index (Phi) is 2.41. The van der Waals surface area contributed by atoms with Gasteiger partial charge < -0.3 is 0 Å². The van der Waals surface area contributed by atoms with Gasteiger partial charge >= 0.3 is 0 Å². The van der Waals surface area contributed by atoms with Crippen LogP contribution in [0.3, 0.4) is 0 Å². The normalized spacial score (nSPS) is 11.0. The molecule has 0 fully saturated rings. The van der Waals surface area contributed by atoms with Gasteiger partial charge in [0.1, 0.15) is 0 Å². The Morgan fingerprint density at radius 1 is 0.611 bits per heavy atom. The van der Waals surface area contributed by atoms with E-state index in [1.54, 1.807) is 0 Å². The molecule has 0 atom stereocenters. The minimum Gasteiger partial charge on any atom is -0.289 e. The number of rotatable bonds is 2. The van der Waals surface area contributed by atoms with Crippen molar-refractivity contribution in [3.63, 3.8) is 0 Å². The van der Waals surface area contributed by atoms with Gasteiger partial charge in [0, 0.05) is 11.1 Å². The summed E-state index contributed by atoms with van der Waals surface area (Å²) >= 11 is 0. The molecule has 0 aliphatic heterocycles. The zero-order valence-electron chi connectivity index (χ0n) is 10.5. The molecule has 3 aromatic rings. The molecule has 18 heavy (non-hydrogen) atoms. The van der Waals surface area contributed by atoms with Gasteiger partial charge in [0.15, 0.2) is 5.43 Å². The van der Waals surface area contributed by atoms with Crippen molar-refractivity contribution < 1.29 is 0 Å². The molecule has 0 N–H and O–H groups in total. The minimum atomic E-state index is 0.183. The predicted octanol–water partition coefficient (Wildman–Crippen LogP) is 3.87. The van der Waals surface area contributed by atoms with Crippen LogP contribution in [0, 0.1) is 13.8 Å². The van der Waals surface area contributed by atoms with E-state index in [4.69, 9.17) is 0 Å². The zero-order chi connectivity index (χ0) is 12.7. The monoisotopic (exact) mass is 234 g/mol. The van der Waals surface area contributed by atoms with Gasteiger partial charge in [0.05, 0.1) is 0 Å². The second-order valence-corrected chi connectivity index (χ2v) is 4.81. The van der Waals surface area contributed by atoms with Crippen LogP contribution in [-0.4, -0.2) is 0 Å². The smallest absolute Gasteiger partial charge is 0.195 e. The van der Waals surface area contributed by atoms with E-state index < -0.39 is 0 Å². The van der Waals surface area contributed by atoms with Gasteiger partial charge in [-0.2, -0.15) is 0 Å². The van der Waals surface area contributed by atoms with Crippen LogP contribution in [0.2, 0.25) is 0 Å². The Morgan fingerprint density at radius 3 is 1.28 bits per heavy atom. The Morgan fingerprint density at radius 2 is 0.944 bits per heavy atom. The maximum atomic E-state index is 11.9. The first-order chi connectivity index (χ1) is 8.66. The lowest BCUT2D eigenvalue weighted by Crippen LogP contribution is -1.78. The van der Waals surface area contributed by atoms with Crippen molar-refractivity contribution in [3.05, 3.63) is 69.9 Å². The second-order valence-electron chi connectivity index (χ2n) is 4.81. The zero-order valence-corrected chi connectivity index (χ0v) is 10.5. The van der Waals surface area contributed by atoms with Crippen LogP contribution in [0.25, 0.3) is 22.3 Å². The van der Waals surface area contributed by atoms with Crippen molar-refractivity contribution >= 4 is 0 Å². The van der Waals surface area contributed by atoms with Crippen LogP contribution >= 0.6 is 0 Å². The van der Waals surface area contributed by atoms with Gasteiger partial charge in [-0.1, -0.05) is 59.7 Å². The summed E-state index contributed by atoms with van der Waals surface area (Å²) in [6.07, 6.45) is 0. The highest BCUT2D eigenvalue weighted by atomic mass is 16.1. The van der Waals surface area contributed by atoms with Crippen LogP contribution in [0.1, 0.15) is 11.1 Å². The van der Waals surface area contributed by atoms with E-state index in [0.717, 1.165) is 22.3 Å². The van der Waals surface area contributed by atoms with E-state index in [-0.39, 0.29) is 5.43 Å². The molecular weight excluding hydrogens is 220 g/mol. The van der Waals surface area contributed by atoms with Gasteiger partial charge in [-0.15, -0.1) is 0 Å². The Balaban J connectivity index is 2.00. The lowest BCUT2D eigenvalue weighted by atomic mass is 10.1. The Hall–Kier alpha value is -2.15. The third-order valence-electron chi connectivity index (χ3n) is 3.32. The molecule has 0 unspecified atom stereocenters. The molecule has 0 radical (unpaired) electrons. The van der Waals surface area contributed by atoms with Crippen LogP contribution in [0.5, 0.6) is 0 Å². The van der Waals surface area contributed by atoms with Crippen molar-refractivity contribution in [1.82, 2.24) is 0 Å². The maximum absolute atomic E-state index is 11.9.